The van der Waals surface area contributed by atoms with Gasteiger partial charge in [-0.3, -0.25) is 4.57 Å². The number of ether oxygens (including phenoxy) is 1. The smallest absolute Gasteiger partial charge is 0.137 e. The van der Waals surface area contributed by atoms with Crippen molar-refractivity contribution in [2.24, 2.45) is 0 Å². The van der Waals surface area contributed by atoms with Gasteiger partial charge in [-0.2, -0.15) is 5.10 Å². The summed E-state index contributed by atoms with van der Waals surface area (Å²) in [6, 6.07) is 29.9. The van der Waals surface area contributed by atoms with Crippen LogP contribution in [0.25, 0.3) is 44.4 Å². The molecular weight excluding hydrogens is 637 g/mol. The van der Waals surface area contributed by atoms with Crippen LogP contribution in [0, 0.1) is 13.8 Å². The lowest BCUT2D eigenvalue weighted by Gasteiger charge is -2.26. The summed E-state index contributed by atoms with van der Waals surface area (Å²) in [6.45, 7) is 16.1. The summed E-state index contributed by atoms with van der Waals surface area (Å²) in [5, 5.41) is 7.32. The Morgan fingerprint density at radius 2 is 1.40 bits per heavy atom. The highest BCUT2D eigenvalue weighted by atomic mass is 16.5. The van der Waals surface area contributed by atoms with Gasteiger partial charge in [0.25, 0.3) is 0 Å². The minimum Gasteiger partial charge on any atom is -0.457 e. The predicted octanol–water partition coefficient (Wildman–Crippen LogP) is 13.2. The van der Waals surface area contributed by atoms with Crippen LogP contribution in [0.15, 0.2) is 104 Å². The fraction of sp³-hybridized carbons (Fsp3) is 0.319. The molecule has 2 atom stereocenters. The number of aryl methyl sites for hydroxylation is 3. The number of fused-ring (bicyclic) bond motifs is 3. The largest absolute Gasteiger partial charge is 0.457 e. The third-order valence-electron chi connectivity index (χ3n) is 10.7. The maximum atomic E-state index is 6.60. The lowest BCUT2D eigenvalue weighted by molar-refractivity contribution is 0.483. The van der Waals surface area contributed by atoms with E-state index in [0.29, 0.717) is 11.8 Å². The van der Waals surface area contributed by atoms with Crippen molar-refractivity contribution in [1.29, 1.82) is 0 Å². The fourth-order valence-electron chi connectivity index (χ4n) is 8.46. The quantitative estimate of drug-likeness (QED) is 0.121. The molecular formula is C47H52N4O. The van der Waals surface area contributed by atoms with Gasteiger partial charge in [-0.25, -0.2) is 9.67 Å². The summed E-state index contributed by atoms with van der Waals surface area (Å²) < 4.78 is 10.9. The highest BCUT2D eigenvalue weighted by Crippen LogP contribution is 2.43. The normalized spacial score (nSPS) is 12.8. The summed E-state index contributed by atoms with van der Waals surface area (Å²) in [6.07, 6.45) is 13.0. The average molecular weight is 689 g/mol. The first-order chi connectivity index (χ1) is 25.3. The summed E-state index contributed by atoms with van der Waals surface area (Å²) in [7, 11) is 0. The average Bonchev–Trinajstić information content (AvgIpc) is 3.75. The van der Waals surface area contributed by atoms with Gasteiger partial charge in [-0.15, -0.1) is 0 Å². The van der Waals surface area contributed by atoms with Crippen molar-refractivity contribution in [2.45, 2.75) is 98.8 Å². The molecule has 5 nitrogen and oxygen atoms in total. The Morgan fingerprint density at radius 3 is 2.13 bits per heavy atom. The number of pyridine rings is 1. The van der Waals surface area contributed by atoms with E-state index in [2.05, 4.69) is 138 Å². The van der Waals surface area contributed by atoms with Crippen molar-refractivity contribution in [3.05, 3.63) is 131 Å². The van der Waals surface area contributed by atoms with Crippen LogP contribution < -0.4 is 4.74 Å². The molecule has 0 bridgehead atoms. The van der Waals surface area contributed by atoms with Gasteiger partial charge in [0.2, 0.25) is 0 Å². The number of benzene rings is 4. The van der Waals surface area contributed by atoms with Crippen LogP contribution in [0.4, 0.5) is 0 Å². The van der Waals surface area contributed by atoms with Gasteiger partial charge in [-0.05, 0) is 121 Å². The van der Waals surface area contributed by atoms with Gasteiger partial charge in [0, 0.05) is 40.9 Å². The number of rotatable bonds is 13. The molecule has 3 heterocycles. The Kier molecular flexibility index (Phi) is 10.3. The maximum absolute atomic E-state index is 6.60. The zero-order chi connectivity index (χ0) is 36.4. The van der Waals surface area contributed by atoms with E-state index in [1.54, 1.807) is 0 Å². The zero-order valence-corrected chi connectivity index (χ0v) is 31.9. The third kappa shape index (κ3) is 6.77. The Morgan fingerprint density at radius 1 is 0.692 bits per heavy atom. The van der Waals surface area contributed by atoms with E-state index in [1.807, 2.05) is 23.0 Å². The molecule has 0 saturated carbocycles. The topological polar surface area (TPSA) is 44.9 Å². The number of nitrogens with zero attached hydrogens (tertiary/aromatic N) is 4. The minimum atomic E-state index is 0.473. The van der Waals surface area contributed by atoms with Crippen molar-refractivity contribution >= 4 is 21.8 Å². The van der Waals surface area contributed by atoms with Crippen LogP contribution in [-0.2, 0) is 6.42 Å². The molecule has 0 saturated heterocycles. The minimum absolute atomic E-state index is 0.473. The fourth-order valence-corrected chi connectivity index (χ4v) is 8.46. The molecule has 0 fully saturated rings. The first-order valence-electron chi connectivity index (χ1n) is 19.3. The number of hydrogen-bond acceptors (Lipinski definition) is 3. The van der Waals surface area contributed by atoms with Crippen molar-refractivity contribution in [3.63, 3.8) is 0 Å². The van der Waals surface area contributed by atoms with Crippen LogP contribution in [0.1, 0.15) is 106 Å². The van der Waals surface area contributed by atoms with E-state index in [4.69, 9.17) is 14.8 Å². The number of hydrogen-bond donors (Lipinski definition) is 0. The standard InChI is InChI=1S/C47H52N4O/c1-8-14-31(4)45-33(6)25-34(7)46(32(5)15-9-2)47(45)36-29-49-50(30-36)37-17-13-18-38(27-37)52-39-21-22-41-40-19-11-12-20-42(40)51(43(41)28-39)44-26-35(16-10-3)23-24-48-44/h11-13,17-32H,8-10,14-16H2,1-7H3. The van der Waals surface area contributed by atoms with Crippen molar-refractivity contribution in [3.8, 4) is 34.1 Å². The van der Waals surface area contributed by atoms with E-state index in [9.17, 15) is 0 Å². The van der Waals surface area contributed by atoms with Crippen LogP contribution in [0.2, 0.25) is 0 Å². The van der Waals surface area contributed by atoms with E-state index in [0.717, 1.165) is 59.7 Å². The van der Waals surface area contributed by atoms with Crippen LogP contribution in [-0.4, -0.2) is 19.3 Å². The zero-order valence-electron chi connectivity index (χ0n) is 31.9. The molecule has 0 N–H and O–H groups in total. The molecule has 0 radical (unpaired) electrons. The van der Waals surface area contributed by atoms with Gasteiger partial charge >= 0.3 is 0 Å². The molecule has 0 aliphatic heterocycles. The summed E-state index contributed by atoms with van der Waals surface area (Å²) in [4.78, 5) is 4.82. The Hall–Kier alpha value is -5.16. The molecule has 0 spiro atoms. The number of para-hydroxylation sites is 1. The molecule has 0 amide bonds. The molecule has 3 aromatic heterocycles. The monoisotopic (exact) mass is 688 g/mol. The predicted molar refractivity (Wildman–Crippen MR) is 218 cm³/mol. The Bertz CT molecular complexity index is 2310. The Balaban J connectivity index is 1.25. The molecule has 2 unspecified atom stereocenters. The molecule has 52 heavy (non-hydrogen) atoms. The maximum Gasteiger partial charge on any atom is 0.137 e. The highest BCUT2D eigenvalue weighted by Gasteiger charge is 2.24. The van der Waals surface area contributed by atoms with Crippen molar-refractivity contribution in [2.75, 3.05) is 0 Å². The SMILES string of the molecule is CCCc1ccnc(-n2c3ccccc3c3ccc(Oc4cccc(-n5cc(-c6c(C(C)CCC)c(C)cc(C)c6C(C)CCC)cn5)c4)cc32)c1. The van der Waals surface area contributed by atoms with Crippen LogP contribution in [0.5, 0.6) is 11.5 Å². The lowest BCUT2D eigenvalue weighted by atomic mass is 9.78. The van der Waals surface area contributed by atoms with Gasteiger partial charge in [0.15, 0.2) is 0 Å². The van der Waals surface area contributed by atoms with Crippen molar-refractivity contribution in [1.82, 2.24) is 19.3 Å². The van der Waals surface area contributed by atoms with Gasteiger partial charge in [0.1, 0.15) is 17.3 Å². The lowest BCUT2D eigenvalue weighted by Crippen LogP contribution is -2.08. The summed E-state index contributed by atoms with van der Waals surface area (Å²) in [5.41, 5.74) is 12.7. The van der Waals surface area contributed by atoms with Gasteiger partial charge in [0.05, 0.1) is 22.9 Å². The molecule has 266 valence electrons. The molecule has 0 aliphatic rings. The molecule has 4 aromatic carbocycles. The van der Waals surface area contributed by atoms with Crippen molar-refractivity contribution < 1.29 is 4.74 Å². The number of aromatic nitrogens is 4. The first-order valence-corrected chi connectivity index (χ1v) is 19.3. The summed E-state index contributed by atoms with van der Waals surface area (Å²) >= 11 is 0. The first kappa shape index (κ1) is 35.3. The molecule has 7 aromatic rings. The summed E-state index contributed by atoms with van der Waals surface area (Å²) in [5.74, 6) is 3.41. The van der Waals surface area contributed by atoms with Crippen LogP contribution >= 0.6 is 0 Å². The van der Waals surface area contributed by atoms with Gasteiger partial charge < -0.3 is 4.74 Å². The van der Waals surface area contributed by atoms with E-state index < -0.39 is 0 Å². The van der Waals surface area contributed by atoms with E-state index in [-0.39, 0.29) is 0 Å². The second kappa shape index (κ2) is 15.2. The Labute approximate surface area is 309 Å². The second-order valence-electron chi connectivity index (χ2n) is 14.7. The van der Waals surface area contributed by atoms with Gasteiger partial charge in [-0.1, -0.05) is 84.2 Å². The van der Waals surface area contributed by atoms with Crippen LogP contribution in [0.3, 0.4) is 0 Å². The van der Waals surface area contributed by atoms with E-state index >= 15 is 0 Å². The molecule has 7 rings (SSSR count). The molecule has 0 aliphatic carbocycles. The third-order valence-corrected chi connectivity index (χ3v) is 10.7. The second-order valence-corrected chi connectivity index (χ2v) is 14.7. The van der Waals surface area contributed by atoms with E-state index in [1.165, 1.54) is 62.6 Å². The highest BCUT2D eigenvalue weighted by molar-refractivity contribution is 6.09. The molecule has 5 heteroatoms.